The molecule has 2 heterocycles. The first-order valence-electron chi connectivity index (χ1n) is 10.4. The van der Waals surface area contributed by atoms with E-state index >= 15 is 0 Å². The number of anilines is 2. The van der Waals surface area contributed by atoms with Crippen molar-refractivity contribution < 1.29 is 9.53 Å². The SMILES string of the molecule is O=C(c1cccnc1Oc1cc(Cl)ccc1Cl)N1CCN(C2CCC2)c2ccccc21. The van der Waals surface area contributed by atoms with Gasteiger partial charge in [0.15, 0.2) is 0 Å². The van der Waals surface area contributed by atoms with E-state index in [1.165, 1.54) is 19.3 Å². The number of nitrogens with zero attached hydrogens (tertiary/aromatic N) is 3. The molecule has 2 aromatic carbocycles. The molecule has 1 aromatic heterocycles. The molecule has 0 spiro atoms. The molecule has 31 heavy (non-hydrogen) atoms. The van der Waals surface area contributed by atoms with Gasteiger partial charge in [-0.3, -0.25) is 4.79 Å². The summed E-state index contributed by atoms with van der Waals surface area (Å²) in [5, 5.41) is 0.886. The minimum absolute atomic E-state index is 0.151. The lowest BCUT2D eigenvalue weighted by Gasteiger charge is -2.45. The lowest BCUT2D eigenvalue weighted by Crippen LogP contribution is -2.50. The number of hydrogen-bond acceptors (Lipinski definition) is 4. The molecule has 158 valence electrons. The van der Waals surface area contributed by atoms with Crippen molar-refractivity contribution in [3.63, 3.8) is 0 Å². The van der Waals surface area contributed by atoms with Crippen LogP contribution in [-0.2, 0) is 0 Å². The molecule has 0 N–H and O–H groups in total. The number of fused-ring (bicyclic) bond motifs is 1. The first-order valence-corrected chi connectivity index (χ1v) is 11.1. The Morgan fingerprint density at radius 2 is 1.81 bits per heavy atom. The van der Waals surface area contributed by atoms with Crippen molar-refractivity contribution in [2.75, 3.05) is 22.9 Å². The summed E-state index contributed by atoms with van der Waals surface area (Å²) in [5.74, 6) is 0.412. The van der Waals surface area contributed by atoms with Crippen molar-refractivity contribution >= 4 is 40.5 Å². The third kappa shape index (κ3) is 3.84. The minimum Gasteiger partial charge on any atom is -0.437 e. The Bertz CT molecular complexity index is 1130. The lowest BCUT2D eigenvalue weighted by molar-refractivity contribution is 0.0983. The van der Waals surface area contributed by atoms with Gasteiger partial charge in [0.2, 0.25) is 5.88 Å². The van der Waals surface area contributed by atoms with Crippen molar-refractivity contribution in [1.82, 2.24) is 4.98 Å². The first kappa shape index (κ1) is 20.2. The Kier molecular flexibility index (Phi) is 5.47. The van der Waals surface area contributed by atoms with Crippen LogP contribution in [0.5, 0.6) is 11.6 Å². The van der Waals surface area contributed by atoms with Crippen LogP contribution in [0.25, 0.3) is 0 Å². The Labute approximate surface area is 191 Å². The second kappa shape index (κ2) is 8.40. The van der Waals surface area contributed by atoms with Gasteiger partial charge in [0, 0.05) is 36.4 Å². The summed E-state index contributed by atoms with van der Waals surface area (Å²) in [7, 11) is 0. The summed E-state index contributed by atoms with van der Waals surface area (Å²) in [4.78, 5) is 22.2. The normalized spacial score (nSPS) is 15.9. The molecule has 5 nitrogen and oxygen atoms in total. The van der Waals surface area contributed by atoms with E-state index in [0.29, 0.717) is 33.9 Å². The predicted octanol–water partition coefficient (Wildman–Crippen LogP) is 6.20. The summed E-state index contributed by atoms with van der Waals surface area (Å²) in [6.07, 6.45) is 5.29. The highest BCUT2D eigenvalue weighted by molar-refractivity contribution is 6.34. The number of benzene rings is 2. The highest BCUT2D eigenvalue weighted by Gasteiger charge is 2.34. The molecule has 7 heteroatoms. The fourth-order valence-electron chi connectivity index (χ4n) is 4.11. The van der Waals surface area contributed by atoms with Crippen LogP contribution in [0.15, 0.2) is 60.8 Å². The molecule has 0 bridgehead atoms. The highest BCUT2D eigenvalue weighted by atomic mass is 35.5. The molecule has 0 atom stereocenters. The van der Waals surface area contributed by atoms with Gasteiger partial charge < -0.3 is 14.5 Å². The average molecular weight is 454 g/mol. The number of rotatable bonds is 4. The zero-order valence-corrected chi connectivity index (χ0v) is 18.3. The van der Waals surface area contributed by atoms with E-state index in [0.717, 1.165) is 17.9 Å². The largest absolute Gasteiger partial charge is 0.437 e. The third-order valence-electron chi connectivity index (χ3n) is 5.91. The fourth-order valence-corrected chi connectivity index (χ4v) is 4.43. The lowest BCUT2D eigenvalue weighted by atomic mass is 9.90. The van der Waals surface area contributed by atoms with Crippen LogP contribution in [0, 0.1) is 0 Å². The Balaban J connectivity index is 1.47. The van der Waals surface area contributed by atoms with Crippen molar-refractivity contribution in [3.05, 3.63) is 76.4 Å². The molecule has 1 aliphatic carbocycles. The van der Waals surface area contributed by atoms with Gasteiger partial charge in [-0.1, -0.05) is 35.3 Å². The molecule has 1 fully saturated rings. The molecular formula is C24H21Cl2N3O2. The van der Waals surface area contributed by atoms with Crippen LogP contribution in [0.4, 0.5) is 11.4 Å². The maximum Gasteiger partial charge on any atom is 0.263 e. The maximum absolute atomic E-state index is 13.6. The molecule has 1 saturated carbocycles. The van der Waals surface area contributed by atoms with Crippen LogP contribution in [0.3, 0.4) is 0 Å². The van der Waals surface area contributed by atoms with Gasteiger partial charge in [0.1, 0.15) is 11.3 Å². The maximum atomic E-state index is 13.6. The van der Waals surface area contributed by atoms with Gasteiger partial charge in [-0.25, -0.2) is 4.98 Å². The van der Waals surface area contributed by atoms with Crippen LogP contribution < -0.4 is 14.5 Å². The van der Waals surface area contributed by atoms with Crippen LogP contribution in [0.2, 0.25) is 10.0 Å². The highest BCUT2D eigenvalue weighted by Crippen LogP contribution is 2.40. The second-order valence-corrected chi connectivity index (χ2v) is 8.60. The van der Waals surface area contributed by atoms with Gasteiger partial charge >= 0.3 is 0 Å². The zero-order chi connectivity index (χ0) is 21.4. The molecule has 0 saturated heterocycles. The minimum atomic E-state index is -0.151. The van der Waals surface area contributed by atoms with E-state index in [2.05, 4.69) is 16.0 Å². The molecular weight excluding hydrogens is 433 g/mol. The monoisotopic (exact) mass is 453 g/mol. The molecule has 3 aromatic rings. The summed E-state index contributed by atoms with van der Waals surface area (Å²) >= 11 is 12.3. The molecule has 2 aliphatic rings. The van der Waals surface area contributed by atoms with E-state index in [-0.39, 0.29) is 11.8 Å². The quantitative estimate of drug-likeness (QED) is 0.471. The average Bonchev–Trinajstić information content (AvgIpc) is 2.75. The topological polar surface area (TPSA) is 45.7 Å². The number of hydrogen-bond donors (Lipinski definition) is 0. The summed E-state index contributed by atoms with van der Waals surface area (Å²) in [6.45, 7) is 1.42. The van der Waals surface area contributed by atoms with E-state index in [1.54, 1.807) is 36.5 Å². The first-order chi connectivity index (χ1) is 15.1. The number of amides is 1. The molecule has 5 rings (SSSR count). The smallest absolute Gasteiger partial charge is 0.263 e. The Morgan fingerprint density at radius 1 is 1.00 bits per heavy atom. The van der Waals surface area contributed by atoms with Crippen LogP contribution >= 0.6 is 23.2 Å². The van der Waals surface area contributed by atoms with Gasteiger partial charge in [0.25, 0.3) is 5.91 Å². The van der Waals surface area contributed by atoms with E-state index in [4.69, 9.17) is 27.9 Å². The van der Waals surface area contributed by atoms with E-state index in [9.17, 15) is 4.79 Å². The van der Waals surface area contributed by atoms with Gasteiger partial charge in [-0.2, -0.15) is 0 Å². The Morgan fingerprint density at radius 3 is 2.58 bits per heavy atom. The summed E-state index contributed by atoms with van der Waals surface area (Å²) < 4.78 is 5.92. The Hall–Kier alpha value is -2.76. The van der Waals surface area contributed by atoms with Crippen molar-refractivity contribution in [1.29, 1.82) is 0 Å². The fraction of sp³-hybridized carbons (Fsp3) is 0.250. The van der Waals surface area contributed by atoms with Crippen molar-refractivity contribution in [3.8, 4) is 11.6 Å². The van der Waals surface area contributed by atoms with Gasteiger partial charge in [0.05, 0.1) is 16.4 Å². The number of carbonyl (C=O) groups is 1. The number of carbonyl (C=O) groups excluding carboxylic acids is 1. The number of para-hydroxylation sites is 2. The van der Waals surface area contributed by atoms with Crippen molar-refractivity contribution in [2.24, 2.45) is 0 Å². The third-order valence-corrected chi connectivity index (χ3v) is 6.46. The number of pyridine rings is 1. The van der Waals surface area contributed by atoms with Crippen molar-refractivity contribution in [2.45, 2.75) is 25.3 Å². The number of ether oxygens (including phenoxy) is 1. The number of aromatic nitrogens is 1. The molecule has 0 unspecified atom stereocenters. The summed E-state index contributed by atoms with van der Waals surface area (Å²) in [6, 6.07) is 17.1. The number of halogens is 2. The van der Waals surface area contributed by atoms with E-state index in [1.807, 2.05) is 23.1 Å². The van der Waals surface area contributed by atoms with E-state index < -0.39 is 0 Å². The summed E-state index contributed by atoms with van der Waals surface area (Å²) in [5.41, 5.74) is 2.41. The molecule has 1 aliphatic heterocycles. The second-order valence-electron chi connectivity index (χ2n) is 7.76. The standard InChI is InChI=1S/C24H21Cl2N3O2/c25-16-10-11-19(26)22(15-16)31-23-18(7-4-12-27-23)24(30)29-14-13-28(17-5-3-6-17)20-8-1-2-9-21(20)29/h1-2,4,7-12,15,17H,3,5-6,13-14H2. The van der Waals surface area contributed by atoms with Gasteiger partial charge in [-0.15, -0.1) is 0 Å². The molecule has 1 amide bonds. The zero-order valence-electron chi connectivity index (χ0n) is 16.8. The molecule has 0 radical (unpaired) electrons. The van der Waals surface area contributed by atoms with Crippen LogP contribution in [-0.4, -0.2) is 30.0 Å². The predicted molar refractivity (Wildman–Crippen MR) is 124 cm³/mol. The van der Waals surface area contributed by atoms with Crippen LogP contribution in [0.1, 0.15) is 29.6 Å². The van der Waals surface area contributed by atoms with Gasteiger partial charge in [-0.05, 0) is 55.7 Å².